The van der Waals surface area contributed by atoms with E-state index in [4.69, 9.17) is 24.7 Å². The molecule has 2 aromatic carbocycles. The zero-order chi connectivity index (χ0) is 17.4. The summed E-state index contributed by atoms with van der Waals surface area (Å²) >= 11 is 1.60. The predicted molar refractivity (Wildman–Crippen MR) is 94.5 cm³/mol. The predicted octanol–water partition coefficient (Wildman–Crippen LogP) is 3.51. The average molecular weight is 357 g/mol. The van der Waals surface area contributed by atoms with Crippen LogP contribution in [-0.2, 0) is 0 Å². The van der Waals surface area contributed by atoms with Gasteiger partial charge in [-0.3, -0.25) is 0 Å². The van der Waals surface area contributed by atoms with Gasteiger partial charge in [-0.15, -0.1) is 11.8 Å². The molecule has 0 unspecified atom stereocenters. The van der Waals surface area contributed by atoms with Crippen LogP contribution in [0.2, 0.25) is 0 Å². The Morgan fingerprint density at radius 1 is 1.16 bits per heavy atom. The minimum Gasteiger partial charge on any atom is -0.493 e. The van der Waals surface area contributed by atoms with Crippen LogP contribution in [0, 0.1) is 0 Å². The van der Waals surface area contributed by atoms with Crippen LogP contribution in [0.25, 0.3) is 22.4 Å². The van der Waals surface area contributed by atoms with E-state index in [2.05, 4.69) is 10.8 Å². The molecule has 0 saturated heterocycles. The highest BCUT2D eigenvalue weighted by atomic mass is 32.2. The number of ether oxygens (including phenoxy) is 1. The second-order valence-electron chi connectivity index (χ2n) is 5.33. The summed E-state index contributed by atoms with van der Waals surface area (Å²) in [6.45, 7) is 0. The summed E-state index contributed by atoms with van der Waals surface area (Å²) in [6, 6.07) is 9.50. The van der Waals surface area contributed by atoms with Gasteiger partial charge in [0.05, 0.1) is 7.11 Å². The Kier molecular flexibility index (Phi) is 3.90. The SMILES string of the molecule is COc1cc(-c2nocc2-c2ccc(SC)c(N)c2)cc2c1ONO2. The van der Waals surface area contributed by atoms with Crippen molar-refractivity contribution in [2.75, 3.05) is 19.1 Å². The van der Waals surface area contributed by atoms with Crippen molar-refractivity contribution in [1.82, 2.24) is 10.8 Å². The highest BCUT2D eigenvalue weighted by molar-refractivity contribution is 7.98. The maximum absolute atomic E-state index is 6.11. The van der Waals surface area contributed by atoms with E-state index in [0.717, 1.165) is 21.6 Å². The fourth-order valence-corrected chi connectivity index (χ4v) is 3.20. The largest absolute Gasteiger partial charge is 0.493 e. The molecule has 0 aliphatic carbocycles. The van der Waals surface area contributed by atoms with Crippen molar-refractivity contribution in [3.8, 4) is 39.6 Å². The van der Waals surface area contributed by atoms with Crippen LogP contribution in [0.5, 0.6) is 17.2 Å². The third-order valence-electron chi connectivity index (χ3n) is 3.92. The Hall–Kier alpha value is -2.84. The molecule has 4 rings (SSSR count). The second kappa shape index (κ2) is 6.23. The molecule has 0 radical (unpaired) electrons. The third kappa shape index (κ3) is 2.65. The first-order valence-corrected chi connectivity index (χ1v) is 8.63. The molecule has 0 saturated carbocycles. The molecule has 1 aromatic heterocycles. The summed E-state index contributed by atoms with van der Waals surface area (Å²) < 4.78 is 10.6. The number of nitrogens with one attached hydrogen (secondary N) is 1. The quantitative estimate of drug-likeness (QED) is 0.541. The van der Waals surface area contributed by atoms with Crippen LogP contribution in [0.15, 0.2) is 46.0 Å². The van der Waals surface area contributed by atoms with Gasteiger partial charge >= 0.3 is 0 Å². The lowest BCUT2D eigenvalue weighted by molar-refractivity contribution is 0.0248. The Balaban J connectivity index is 1.82. The maximum atomic E-state index is 6.11. The van der Waals surface area contributed by atoms with Crippen LogP contribution in [0.4, 0.5) is 5.69 Å². The number of nitrogens with two attached hydrogens (primary N) is 1. The van der Waals surface area contributed by atoms with Gasteiger partial charge in [-0.25, -0.2) is 0 Å². The van der Waals surface area contributed by atoms with Crippen molar-refractivity contribution in [2.45, 2.75) is 4.90 Å². The van der Waals surface area contributed by atoms with E-state index >= 15 is 0 Å². The van der Waals surface area contributed by atoms with Gasteiger partial charge in [-0.2, -0.15) is 0 Å². The van der Waals surface area contributed by atoms with Gasteiger partial charge in [0.2, 0.25) is 11.5 Å². The topological polar surface area (TPSA) is 91.8 Å². The van der Waals surface area contributed by atoms with Crippen molar-refractivity contribution in [1.29, 1.82) is 0 Å². The molecule has 0 atom stereocenters. The zero-order valence-corrected chi connectivity index (χ0v) is 14.3. The first-order valence-electron chi connectivity index (χ1n) is 7.40. The van der Waals surface area contributed by atoms with Crippen molar-refractivity contribution in [3.05, 3.63) is 36.6 Å². The number of rotatable bonds is 4. The zero-order valence-electron chi connectivity index (χ0n) is 13.5. The van der Waals surface area contributed by atoms with Gasteiger partial charge in [0.25, 0.3) is 0 Å². The van der Waals surface area contributed by atoms with E-state index in [0.29, 0.717) is 28.6 Å². The molecule has 3 aromatic rings. The van der Waals surface area contributed by atoms with E-state index in [1.807, 2.05) is 30.5 Å². The molecule has 0 spiro atoms. The van der Waals surface area contributed by atoms with Crippen LogP contribution in [-0.4, -0.2) is 18.5 Å². The summed E-state index contributed by atoms with van der Waals surface area (Å²) in [5, 5.41) is 4.14. The Morgan fingerprint density at radius 3 is 2.80 bits per heavy atom. The van der Waals surface area contributed by atoms with Crippen molar-refractivity contribution < 1.29 is 18.9 Å². The molecule has 128 valence electrons. The van der Waals surface area contributed by atoms with E-state index in [-0.39, 0.29) is 0 Å². The maximum Gasteiger partial charge on any atom is 0.237 e. The highest BCUT2D eigenvalue weighted by Crippen LogP contribution is 2.44. The Bertz CT molecular complexity index is 942. The van der Waals surface area contributed by atoms with Gasteiger partial charge in [-0.1, -0.05) is 11.2 Å². The molecule has 7 nitrogen and oxygen atoms in total. The van der Waals surface area contributed by atoms with E-state index < -0.39 is 0 Å². The molecule has 8 heteroatoms. The molecule has 2 heterocycles. The summed E-state index contributed by atoms with van der Waals surface area (Å²) in [4.78, 5) is 11.5. The minimum absolute atomic E-state index is 0.491. The first-order chi connectivity index (χ1) is 12.2. The van der Waals surface area contributed by atoms with Gasteiger partial charge in [0, 0.05) is 27.4 Å². The average Bonchev–Trinajstić information content (AvgIpc) is 3.29. The number of hydrogen-bond donors (Lipinski definition) is 2. The van der Waals surface area contributed by atoms with E-state index in [1.54, 1.807) is 31.2 Å². The molecule has 3 N–H and O–H groups in total. The normalized spacial score (nSPS) is 12.4. The van der Waals surface area contributed by atoms with Gasteiger partial charge < -0.3 is 24.7 Å². The number of thioether (sulfide) groups is 1. The number of nitrogens with zero attached hydrogens (tertiary/aromatic N) is 1. The monoisotopic (exact) mass is 357 g/mol. The van der Waals surface area contributed by atoms with Crippen LogP contribution in [0.1, 0.15) is 0 Å². The smallest absolute Gasteiger partial charge is 0.237 e. The fourth-order valence-electron chi connectivity index (χ4n) is 2.70. The number of aromatic nitrogens is 1. The molecular formula is C17H15N3O4S. The molecule has 0 amide bonds. The fraction of sp³-hybridized carbons (Fsp3) is 0.118. The van der Waals surface area contributed by atoms with Crippen LogP contribution >= 0.6 is 11.8 Å². The summed E-state index contributed by atoms with van der Waals surface area (Å²) in [6.07, 6.45) is 3.58. The molecular weight excluding hydrogens is 342 g/mol. The Labute approximate surface area is 147 Å². The number of fused-ring (bicyclic) bond motifs is 1. The molecule has 0 bridgehead atoms. The third-order valence-corrected chi connectivity index (χ3v) is 4.73. The van der Waals surface area contributed by atoms with Gasteiger partial charge in [0.15, 0.2) is 5.75 Å². The van der Waals surface area contributed by atoms with Gasteiger partial charge in [0.1, 0.15) is 12.0 Å². The lowest BCUT2D eigenvalue weighted by atomic mass is 10.0. The molecule has 25 heavy (non-hydrogen) atoms. The number of benzene rings is 2. The first kappa shape index (κ1) is 15.7. The van der Waals surface area contributed by atoms with E-state index in [1.165, 1.54) is 0 Å². The second-order valence-corrected chi connectivity index (χ2v) is 6.17. The minimum atomic E-state index is 0.491. The van der Waals surface area contributed by atoms with Crippen LogP contribution < -0.4 is 25.8 Å². The number of methoxy groups -OCH3 is 1. The molecule has 1 aliphatic heterocycles. The van der Waals surface area contributed by atoms with Gasteiger partial charge in [-0.05, 0) is 36.1 Å². The lowest BCUT2D eigenvalue weighted by Gasteiger charge is -2.08. The summed E-state index contributed by atoms with van der Waals surface area (Å²) in [7, 11) is 1.56. The van der Waals surface area contributed by atoms with Crippen LogP contribution in [0.3, 0.4) is 0 Å². The Morgan fingerprint density at radius 2 is 2.04 bits per heavy atom. The van der Waals surface area contributed by atoms with Crippen molar-refractivity contribution in [2.24, 2.45) is 0 Å². The number of nitrogen functional groups attached to an aromatic ring is 1. The van der Waals surface area contributed by atoms with Crippen molar-refractivity contribution >= 4 is 17.4 Å². The molecule has 1 aliphatic rings. The highest BCUT2D eigenvalue weighted by Gasteiger charge is 2.24. The number of hydrogen-bond acceptors (Lipinski definition) is 8. The molecule has 0 fully saturated rings. The summed E-state index contributed by atoms with van der Waals surface area (Å²) in [5.74, 6) is 1.54. The van der Waals surface area contributed by atoms with Crippen molar-refractivity contribution in [3.63, 3.8) is 0 Å². The lowest BCUT2D eigenvalue weighted by Crippen LogP contribution is -2.14. The van der Waals surface area contributed by atoms with E-state index in [9.17, 15) is 0 Å². The summed E-state index contributed by atoms with van der Waals surface area (Å²) in [5.41, 5.74) is 12.4. The number of anilines is 1. The standard InChI is InChI=1S/C17H15N3O4S/c1-21-13-6-10(7-14-17(13)24-20-23-14)16-11(8-22-19-16)9-3-4-15(25-2)12(18)5-9/h3-8,20H,18H2,1-2H3.